The van der Waals surface area contributed by atoms with Gasteiger partial charge in [-0.3, -0.25) is 14.4 Å². The lowest BCUT2D eigenvalue weighted by molar-refractivity contribution is -0.141. The standard InChI is InChI=1S/C21H36N2O5/c1-14(2)17(23-20(27)28-13-21(3,4)5)16(24)12-15-10-8-6-7-9-11-22-19(26)18(15)25/h14-15,17H,6-13H2,1-5H3,(H,22,26)(H,23,27). The monoisotopic (exact) mass is 396 g/mol. The summed E-state index contributed by atoms with van der Waals surface area (Å²) in [5, 5.41) is 5.26. The summed E-state index contributed by atoms with van der Waals surface area (Å²) in [7, 11) is 0. The average molecular weight is 397 g/mol. The van der Waals surface area contributed by atoms with Gasteiger partial charge in [0.2, 0.25) is 5.78 Å². The first kappa shape index (κ1) is 24.1. The number of ketones is 2. The summed E-state index contributed by atoms with van der Waals surface area (Å²) in [6.45, 7) is 10.2. The summed E-state index contributed by atoms with van der Waals surface area (Å²) in [5.74, 6) is -2.19. The molecular weight excluding hydrogens is 360 g/mol. The molecule has 160 valence electrons. The first-order valence-corrected chi connectivity index (χ1v) is 10.3. The summed E-state index contributed by atoms with van der Waals surface area (Å²) in [6.07, 6.45) is 3.45. The Labute approximate surface area is 168 Å². The number of hydrogen-bond acceptors (Lipinski definition) is 5. The van der Waals surface area contributed by atoms with Gasteiger partial charge in [0.25, 0.3) is 5.91 Å². The van der Waals surface area contributed by atoms with E-state index in [1.165, 1.54) is 0 Å². The second kappa shape index (κ2) is 11.2. The molecule has 0 spiro atoms. The minimum atomic E-state index is -0.751. The SMILES string of the molecule is CC(C)C(NC(=O)OCC(C)(C)C)C(=O)CC1CCCCCCNC(=O)C1=O. The molecule has 28 heavy (non-hydrogen) atoms. The van der Waals surface area contributed by atoms with Crippen LogP contribution in [0.25, 0.3) is 0 Å². The van der Waals surface area contributed by atoms with E-state index in [2.05, 4.69) is 10.6 Å². The zero-order valence-corrected chi connectivity index (χ0v) is 17.9. The van der Waals surface area contributed by atoms with Gasteiger partial charge in [-0.1, -0.05) is 53.9 Å². The molecule has 1 fully saturated rings. The van der Waals surface area contributed by atoms with Crippen LogP contribution in [-0.4, -0.2) is 42.8 Å². The van der Waals surface area contributed by atoms with E-state index in [4.69, 9.17) is 4.74 Å². The first-order chi connectivity index (χ1) is 13.0. The van der Waals surface area contributed by atoms with Crippen LogP contribution in [0.1, 0.15) is 73.1 Å². The van der Waals surface area contributed by atoms with E-state index in [0.717, 1.165) is 25.7 Å². The van der Waals surface area contributed by atoms with E-state index in [9.17, 15) is 19.2 Å². The molecule has 2 N–H and O–H groups in total. The maximum Gasteiger partial charge on any atom is 0.407 e. The molecule has 7 heteroatoms. The number of Topliss-reactive ketones (excluding diaryl/α,β-unsaturated/α-hetero) is 2. The van der Waals surface area contributed by atoms with Crippen molar-refractivity contribution in [3.63, 3.8) is 0 Å². The normalized spacial score (nSPS) is 20.3. The lowest BCUT2D eigenvalue weighted by atomic mass is 9.86. The molecule has 0 aromatic carbocycles. The van der Waals surface area contributed by atoms with Gasteiger partial charge in [-0.05, 0) is 24.2 Å². The third-order valence-corrected chi connectivity index (χ3v) is 4.73. The van der Waals surface area contributed by atoms with Gasteiger partial charge >= 0.3 is 6.09 Å². The van der Waals surface area contributed by atoms with Crippen LogP contribution in [0.15, 0.2) is 0 Å². The van der Waals surface area contributed by atoms with Crippen LogP contribution in [-0.2, 0) is 19.1 Å². The highest BCUT2D eigenvalue weighted by Crippen LogP contribution is 2.20. The lowest BCUT2D eigenvalue weighted by Crippen LogP contribution is -2.46. The zero-order chi connectivity index (χ0) is 21.3. The average Bonchev–Trinajstić information content (AvgIpc) is 2.60. The van der Waals surface area contributed by atoms with Crippen LogP contribution in [0, 0.1) is 17.3 Å². The molecule has 0 aromatic heterocycles. The van der Waals surface area contributed by atoms with Gasteiger partial charge in [-0.25, -0.2) is 4.79 Å². The number of hydrogen-bond donors (Lipinski definition) is 2. The Bertz CT molecular complexity index is 566. The highest BCUT2D eigenvalue weighted by atomic mass is 16.5. The van der Waals surface area contributed by atoms with Gasteiger partial charge in [0.15, 0.2) is 5.78 Å². The summed E-state index contributed by atoms with van der Waals surface area (Å²) >= 11 is 0. The maximum atomic E-state index is 12.8. The van der Waals surface area contributed by atoms with Crippen molar-refractivity contribution in [3.05, 3.63) is 0 Å². The van der Waals surface area contributed by atoms with Gasteiger partial charge in [-0.15, -0.1) is 0 Å². The minimum Gasteiger partial charge on any atom is -0.449 e. The number of alkyl carbamates (subject to hydrolysis) is 1. The lowest BCUT2D eigenvalue weighted by Gasteiger charge is -2.25. The van der Waals surface area contributed by atoms with E-state index < -0.39 is 29.7 Å². The van der Waals surface area contributed by atoms with Crippen molar-refractivity contribution < 1.29 is 23.9 Å². The molecule has 0 bridgehead atoms. The molecular formula is C21H36N2O5. The van der Waals surface area contributed by atoms with E-state index in [1.54, 1.807) is 0 Å². The topological polar surface area (TPSA) is 102 Å². The molecule has 1 rings (SSSR count). The van der Waals surface area contributed by atoms with Crippen molar-refractivity contribution in [2.24, 2.45) is 17.3 Å². The van der Waals surface area contributed by atoms with Gasteiger partial charge in [0, 0.05) is 18.9 Å². The number of carbonyl (C=O) groups is 4. The molecule has 2 atom stereocenters. The third-order valence-electron chi connectivity index (χ3n) is 4.73. The Balaban J connectivity index is 2.75. The zero-order valence-electron chi connectivity index (χ0n) is 17.9. The molecule has 7 nitrogen and oxygen atoms in total. The van der Waals surface area contributed by atoms with E-state index in [0.29, 0.717) is 13.0 Å². The van der Waals surface area contributed by atoms with Gasteiger partial charge in [0.1, 0.15) is 0 Å². The van der Waals surface area contributed by atoms with E-state index in [1.807, 2.05) is 34.6 Å². The highest BCUT2D eigenvalue weighted by Gasteiger charge is 2.32. The third kappa shape index (κ3) is 8.85. The van der Waals surface area contributed by atoms with Crippen LogP contribution < -0.4 is 10.6 Å². The summed E-state index contributed by atoms with van der Waals surface area (Å²) < 4.78 is 5.20. The van der Waals surface area contributed by atoms with Crippen LogP contribution in [0.2, 0.25) is 0 Å². The van der Waals surface area contributed by atoms with E-state index in [-0.39, 0.29) is 30.1 Å². The molecule has 0 saturated carbocycles. The summed E-state index contributed by atoms with van der Waals surface area (Å²) in [6, 6.07) is -0.751. The van der Waals surface area contributed by atoms with Crippen molar-refractivity contribution in [1.29, 1.82) is 0 Å². The van der Waals surface area contributed by atoms with Gasteiger partial charge in [-0.2, -0.15) is 0 Å². The molecule has 0 aliphatic carbocycles. The van der Waals surface area contributed by atoms with Gasteiger partial charge < -0.3 is 15.4 Å². The molecule has 1 aliphatic heterocycles. The molecule has 0 aromatic rings. The maximum absolute atomic E-state index is 12.8. The van der Waals surface area contributed by atoms with Gasteiger partial charge in [0.05, 0.1) is 12.6 Å². The number of carbonyl (C=O) groups excluding carboxylic acids is 4. The van der Waals surface area contributed by atoms with Crippen molar-refractivity contribution in [2.75, 3.05) is 13.2 Å². The summed E-state index contributed by atoms with van der Waals surface area (Å²) in [5.41, 5.74) is -0.176. The largest absolute Gasteiger partial charge is 0.449 e. The Morgan fingerprint density at radius 3 is 2.39 bits per heavy atom. The van der Waals surface area contributed by atoms with E-state index >= 15 is 0 Å². The molecule has 2 unspecified atom stereocenters. The number of amides is 2. The Morgan fingerprint density at radius 1 is 1.14 bits per heavy atom. The van der Waals surface area contributed by atoms with Crippen molar-refractivity contribution in [2.45, 2.75) is 79.2 Å². The first-order valence-electron chi connectivity index (χ1n) is 10.3. The van der Waals surface area contributed by atoms with Crippen molar-refractivity contribution in [3.8, 4) is 0 Å². The molecule has 1 heterocycles. The fourth-order valence-corrected chi connectivity index (χ4v) is 3.11. The van der Waals surface area contributed by atoms with Crippen LogP contribution in [0.3, 0.4) is 0 Å². The van der Waals surface area contributed by atoms with Crippen LogP contribution in [0.4, 0.5) is 4.79 Å². The predicted molar refractivity (Wildman–Crippen MR) is 107 cm³/mol. The minimum absolute atomic E-state index is 0.0470. The summed E-state index contributed by atoms with van der Waals surface area (Å²) in [4.78, 5) is 49.4. The second-order valence-corrected chi connectivity index (χ2v) is 9.19. The fourth-order valence-electron chi connectivity index (χ4n) is 3.11. The number of rotatable bonds is 6. The van der Waals surface area contributed by atoms with Crippen molar-refractivity contribution in [1.82, 2.24) is 10.6 Å². The van der Waals surface area contributed by atoms with Crippen molar-refractivity contribution >= 4 is 23.6 Å². The fraction of sp³-hybridized carbons (Fsp3) is 0.810. The number of ether oxygens (including phenoxy) is 1. The number of nitrogens with one attached hydrogen (secondary N) is 2. The smallest absolute Gasteiger partial charge is 0.407 e. The molecule has 2 amide bonds. The Morgan fingerprint density at radius 2 is 1.79 bits per heavy atom. The molecule has 0 radical (unpaired) electrons. The molecule has 1 saturated heterocycles. The Kier molecular flexibility index (Phi) is 9.62. The highest BCUT2D eigenvalue weighted by molar-refractivity contribution is 6.37. The quantitative estimate of drug-likeness (QED) is 0.672. The Hall–Kier alpha value is -1.92. The second-order valence-electron chi connectivity index (χ2n) is 9.19. The van der Waals surface area contributed by atoms with Crippen LogP contribution >= 0.6 is 0 Å². The molecule has 1 aliphatic rings. The van der Waals surface area contributed by atoms with Crippen LogP contribution in [0.5, 0.6) is 0 Å². The predicted octanol–water partition coefficient (Wildman–Crippen LogP) is 3.01.